The number of phenols is 2. The molecule has 0 atom stereocenters. The third-order valence-electron chi connectivity index (χ3n) is 8.87. The van der Waals surface area contributed by atoms with Crippen LogP contribution in [-0.2, 0) is 33.5 Å². The molecule has 0 aliphatic carbocycles. The van der Waals surface area contributed by atoms with E-state index in [0.717, 1.165) is 19.3 Å². The van der Waals surface area contributed by atoms with E-state index in [9.17, 15) is 43.5 Å². The van der Waals surface area contributed by atoms with Gasteiger partial charge in [0.25, 0.3) is 6.47 Å². The molecule has 6 rings (SSSR count). The zero-order chi connectivity index (χ0) is 59.8. The number of alkyl halides is 2. The minimum Gasteiger partial charge on any atom is -1.00 e. The molecule has 0 aromatic heterocycles. The van der Waals surface area contributed by atoms with Crippen LogP contribution in [0.2, 0.25) is 0 Å². The summed E-state index contributed by atoms with van der Waals surface area (Å²) in [7, 11) is 0. The summed E-state index contributed by atoms with van der Waals surface area (Å²) in [6.45, 7) is 9.32. The summed E-state index contributed by atoms with van der Waals surface area (Å²) in [5.41, 5.74) is 2.05. The maximum atomic E-state index is 12.1. The molecular formula is C58H62Cl2K2O21. The summed E-state index contributed by atoms with van der Waals surface area (Å²) in [6, 6.07) is 35.6. The Bertz CT molecular complexity index is 2860. The summed E-state index contributed by atoms with van der Waals surface area (Å²) >= 11 is 9.53. The van der Waals surface area contributed by atoms with Crippen molar-refractivity contribution < 1.29 is 206 Å². The van der Waals surface area contributed by atoms with E-state index in [1.54, 1.807) is 0 Å². The van der Waals surface area contributed by atoms with E-state index >= 15 is 0 Å². The van der Waals surface area contributed by atoms with E-state index in [1.807, 2.05) is 20.8 Å². The Hall–Kier alpha value is -6.04. The predicted octanol–water partition coefficient (Wildman–Crippen LogP) is 4.46. The number of halogens is 2. The Balaban J connectivity index is -0.000000496. The number of aromatic hydroxyl groups is 2. The van der Waals surface area contributed by atoms with Crippen LogP contribution in [0.4, 0.5) is 0 Å². The second-order valence-electron chi connectivity index (χ2n) is 15.2. The van der Waals surface area contributed by atoms with Crippen LogP contribution in [0.3, 0.4) is 0 Å². The number of hydrogen-bond donors (Lipinski definition) is 3. The normalized spacial score (nSPS) is 9.11. The monoisotopic (exact) mass is 1240 g/mol. The Labute approximate surface area is 576 Å². The molecule has 6 aromatic rings. The third-order valence-corrected chi connectivity index (χ3v) is 8.87. The van der Waals surface area contributed by atoms with Gasteiger partial charge in [0.1, 0.15) is 34.5 Å². The number of carbonyl (C=O) groups excluding carboxylic acids is 8. The summed E-state index contributed by atoms with van der Waals surface area (Å²) in [6.07, 6.45) is 2.32. The quantitative estimate of drug-likeness (QED) is 0.0166. The maximum Gasteiger partial charge on any atom is 1.00 e. The van der Waals surface area contributed by atoms with Crippen LogP contribution in [0.1, 0.15) is 125 Å². The van der Waals surface area contributed by atoms with Gasteiger partial charge in [-0.1, -0.05) is 28.2 Å². The van der Waals surface area contributed by atoms with Crippen molar-refractivity contribution in [2.24, 2.45) is 0 Å². The van der Waals surface area contributed by atoms with Gasteiger partial charge in [-0.25, -0.2) is 28.8 Å². The molecule has 0 aliphatic rings. The van der Waals surface area contributed by atoms with E-state index in [0.29, 0.717) is 70.6 Å². The standard InChI is InChI=1S/C19H18O6.C17H16O5.C10H12O3.C9H8O4.CH2Cl2.CH2O3.CH4.2K.H/c1-3-12-23-18(21)14-4-10-17(11-5-14)25-19(22)15-6-8-16(9-7-15)24-13(2)20;1-2-11-21-16(19)12-5-9-15(10-6-12)22-17(20)13-3-7-14(18)8-4-13;1-2-7-13-10(12)8-3-5-9(11)6-4-8;1-6(10)13-8-4-2-7(3-5-8)9(11)12;2-1-3;2-1-4-3;;;;/h4-11H,3,12H2,1-2H3;3-10,18H,2,11H2,1H3;3-6,11H,2,7H2,1H3;2-5H,1H3,(H,11,12);1H2;1,3H;1H4;;;/q;;;;;;;2*+1;-1/p-1. The SMILES string of the molecule is C.CC(=O)Oc1ccc(C(=O)O)cc1.CCCOC(=O)c1ccc(O)cc1.CCCOC(=O)c1ccc(OC(=O)c2ccc(O)cc2)cc1.CCCOC(=O)c1ccc(OC(=O)c2ccc(OC(C)=O)cc2)cc1.ClCCl.O=CO[O-].[H-].[K+].[K+]. The van der Waals surface area contributed by atoms with E-state index in [4.69, 9.17) is 76.6 Å². The molecule has 0 fully saturated rings. The van der Waals surface area contributed by atoms with Crippen LogP contribution in [0, 0.1) is 0 Å². The second kappa shape index (κ2) is 48.3. The van der Waals surface area contributed by atoms with Gasteiger partial charge < -0.3 is 60.0 Å². The van der Waals surface area contributed by atoms with Crippen LogP contribution in [0.15, 0.2) is 146 Å². The number of rotatable bonds is 17. The molecule has 0 amide bonds. The number of esters is 7. The van der Waals surface area contributed by atoms with Crippen LogP contribution >= 0.6 is 23.2 Å². The van der Waals surface area contributed by atoms with Gasteiger partial charge in [0.15, 0.2) is 0 Å². The Morgan fingerprint density at radius 2 is 0.639 bits per heavy atom. The molecule has 83 heavy (non-hydrogen) atoms. The van der Waals surface area contributed by atoms with Crippen molar-refractivity contribution >= 4 is 77.4 Å². The van der Waals surface area contributed by atoms with Crippen molar-refractivity contribution in [1.82, 2.24) is 0 Å². The van der Waals surface area contributed by atoms with Crippen molar-refractivity contribution in [3.05, 3.63) is 179 Å². The molecule has 6 aromatic carbocycles. The summed E-state index contributed by atoms with van der Waals surface area (Å²) in [4.78, 5) is 102. The molecule has 25 heteroatoms. The van der Waals surface area contributed by atoms with Gasteiger partial charge in [-0.2, -0.15) is 0 Å². The van der Waals surface area contributed by atoms with Gasteiger partial charge >= 0.3 is 151 Å². The van der Waals surface area contributed by atoms with Crippen LogP contribution in [0.5, 0.6) is 34.5 Å². The predicted molar refractivity (Wildman–Crippen MR) is 295 cm³/mol. The first kappa shape index (κ1) is 81.2. The molecule has 0 bridgehead atoms. The van der Waals surface area contributed by atoms with Crippen molar-refractivity contribution in [3.63, 3.8) is 0 Å². The van der Waals surface area contributed by atoms with Crippen LogP contribution < -0.4 is 127 Å². The number of aromatic carboxylic acids is 1. The average molecular weight is 1240 g/mol. The van der Waals surface area contributed by atoms with Gasteiger partial charge in [-0.05, 0) is 165 Å². The number of carboxylic acids is 1. The fraction of sp³-hybridized carbons (Fsp3) is 0.224. The topological polar surface area (TPSA) is 311 Å². The van der Waals surface area contributed by atoms with Crippen molar-refractivity contribution in [2.75, 3.05) is 25.2 Å². The number of carboxylic acid groups (broad SMARTS) is 1. The molecule has 0 aliphatic heterocycles. The Morgan fingerprint density at radius 1 is 0.434 bits per heavy atom. The van der Waals surface area contributed by atoms with E-state index < -0.39 is 41.8 Å². The zero-order valence-electron chi connectivity index (χ0n) is 46.8. The summed E-state index contributed by atoms with van der Waals surface area (Å²) in [5, 5.41) is 35.3. The first-order valence-electron chi connectivity index (χ1n) is 23.6. The van der Waals surface area contributed by atoms with Gasteiger partial charge in [0.2, 0.25) is 0 Å². The fourth-order valence-electron chi connectivity index (χ4n) is 5.34. The molecular weight excluding hydrogens is 1180 g/mol. The van der Waals surface area contributed by atoms with Crippen LogP contribution in [0.25, 0.3) is 0 Å². The van der Waals surface area contributed by atoms with E-state index in [-0.39, 0.29) is 146 Å². The first-order valence-corrected chi connectivity index (χ1v) is 24.7. The minimum atomic E-state index is -1.01. The number of benzene rings is 6. The smallest absolute Gasteiger partial charge is 1.00 e. The zero-order valence-corrected chi connectivity index (χ0v) is 53.6. The Kier molecular flexibility index (Phi) is 47.3. The molecule has 0 saturated carbocycles. The third kappa shape index (κ3) is 36.3. The number of phenolic OH excluding ortho intramolecular Hbond substituents is 2. The summed E-state index contributed by atoms with van der Waals surface area (Å²) < 4.78 is 35.0. The van der Waals surface area contributed by atoms with Crippen LogP contribution in [-0.4, -0.2) is 94.7 Å². The van der Waals surface area contributed by atoms with Gasteiger partial charge in [0, 0.05) is 13.8 Å². The van der Waals surface area contributed by atoms with E-state index in [1.165, 1.54) is 159 Å². The number of carbonyl (C=O) groups is 9. The van der Waals surface area contributed by atoms with Gasteiger partial charge in [-0.15, -0.1) is 23.2 Å². The number of hydrogen-bond acceptors (Lipinski definition) is 20. The average Bonchev–Trinajstić information content (AvgIpc) is 3.45. The maximum absolute atomic E-state index is 12.1. The fourth-order valence-corrected chi connectivity index (χ4v) is 5.34. The molecule has 0 spiro atoms. The minimum absolute atomic E-state index is 0. The molecule has 0 saturated heterocycles. The van der Waals surface area contributed by atoms with Crippen molar-refractivity contribution in [2.45, 2.75) is 61.3 Å². The van der Waals surface area contributed by atoms with E-state index in [2.05, 4.69) is 4.89 Å². The summed E-state index contributed by atoms with van der Waals surface area (Å²) in [5.74, 6) is -2.59. The van der Waals surface area contributed by atoms with Crippen molar-refractivity contribution in [1.29, 1.82) is 0 Å². The molecule has 0 radical (unpaired) electrons. The largest absolute Gasteiger partial charge is 1.00 e. The second-order valence-corrected chi connectivity index (χ2v) is 16.0. The molecule has 3 N–H and O–H groups in total. The molecule has 21 nitrogen and oxygen atoms in total. The first-order chi connectivity index (χ1) is 38.2. The molecule has 0 unspecified atom stereocenters. The Morgan fingerprint density at radius 3 is 0.843 bits per heavy atom. The van der Waals surface area contributed by atoms with Crippen molar-refractivity contribution in [3.8, 4) is 34.5 Å². The number of ether oxygens (including phenoxy) is 7. The molecule has 0 heterocycles. The molecule has 436 valence electrons. The van der Waals surface area contributed by atoms with Gasteiger partial charge in [-0.3, -0.25) is 14.4 Å². The van der Waals surface area contributed by atoms with Gasteiger partial charge in [0.05, 0.1) is 58.5 Å².